The number of aromatic nitrogens is 3. The Morgan fingerprint density at radius 2 is 2.33 bits per heavy atom. The van der Waals surface area contributed by atoms with Gasteiger partial charge in [-0.05, 0) is 36.4 Å². The van der Waals surface area contributed by atoms with E-state index in [2.05, 4.69) is 10.2 Å². The number of H-pyrrole nitrogens is 1. The van der Waals surface area contributed by atoms with Gasteiger partial charge in [0.05, 0.1) is 0 Å². The van der Waals surface area contributed by atoms with Crippen molar-refractivity contribution in [3.05, 3.63) is 34.5 Å². The van der Waals surface area contributed by atoms with E-state index >= 15 is 0 Å². The first kappa shape index (κ1) is 12.7. The maximum atomic E-state index is 12.9. The molecule has 5 nitrogen and oxygen atoms in total. The minimum Gasteiger partial charge on any atom is -0.398 e. The summed E-state index contributed by atoms with van der Waals surface area (Å²) >= 11 is 1.24. The number of benzene rings is 1. The number of anilines is 1. The van der Waals surface area contributed by atoms with Gasteiger partial charge in [-0.15, -0.1) is 5.10 Å². The highest BCUT2D eigenvalue weighted by Crippen LogP contribution is 2.30. The van der Waals surface area contributed by atoms with Crippen LogP contribution in [0.5, 0.6) is 0 Å². The molecule has 0 atom stereocenters. The summed E-state index contributed by atoms with van der Waals surface area (Å²) in [6, 6.07) is 4.15. The highest BCUT2D eigenvalue weighted by atomic mass is 32.2. The lowest BCUT2D eigenvalue weighted by molar-refractivity contribution is 0.603. The normalized spacial score (nSPS) is 10.8. The Kier molecular flexibility index (Phi) is 3.71. The van der Waals surface area contributed by atoms with Gasteiger partial charge in [-0.25, -0.2) is 14.3 Å². The number of rotatable bonds is 4. The Morgan fingerprint density at radius 3 is 3.00 bits per heavy atom. The third kappa shape index (κ3) is 2.56. The molecule has 0 unspecified atom stereocenters. The van der Waals surface area contributed by atoms with Crippen LogP contribution < -0.4 is 11.4 Å². The first-order valence-electron chi connectivity index (χ1n) is 5.50. The predicted molar refractivity (Wildman–Crippen MR) is 68.1 cm³/mol. The lowest BCUT2D eigenvalue weighted by Crippen LogP contribution is -2.17. The fourth-order valence-electron chi connectivity index (χ4n) is 1.51. The maximum absolute atomic E-state index is 12.9. The summed E-state index contributed by atoms with van der Waals surface area (Å²) in [5.41, 5.74) is 5.80. The first-order chi connectivity index (χ1) is 8.61. The van der Waals surface area contributed by atoms with Crippen molar-refractivity contribution in [3.63, 3.8) is 0 Å². The van der Waals surface area contributed by atoms with Crippen LogP contribution in [-0.2, 0) is 6.54 Å². The zero-order chi connectivity index (χ0) is 13.1. The maximum Gasteiger partial charge on any atom is 0.343 e. The predicted octanol–water partition coefficient (Wildman–Crippen LogP) is 1.85. The number of nitrogens with two attached hydrogens (primary N) is 1. The van der Waals surface area contributed by atoms with Crippen molar-refractivity contribution in [3.8, 4) is 0 Å². The Morgan fingerprint density at radius 1 is 1.56 bits per heavy atom. The molecule has 0 fully saturated rings. The standard InChI is InChI=1S/C11H13FN4OS/c1-2-5-16-10(17)14-15-11(16)18-9-4-3-7(12)6-8(9)13/h3-4,6H,2,5,13H2,1H3,(H,14,17). The molecule has 0 radical (unpaired) electrons. The average molecular weight is 268 g/mol. The van der Waals surface area contributed by atoms with Crippen LogP contribution in [0.2, 0.25) is 0 Å². The van der Waals surface area contributed by atoms with Gasteiger partial charge in [0, 0.05) is 17.1 Å². The van der Waals surface area contributed by atoms with Gasteiger partial charge in [-0.2, -0.15) is 0 Å². The van der Waals surface area contributed by atoms with Crippen LogP contribution in [0.4, 0.5) is 10.1 Å². The zero-order valence-electron chi connectivity index (χ0n) is 9.81. The molecule has 0 amide bonds. The van der Waals surface area contributed by atoms with E-state index in [4.69, 9.17) is 5.73 Å². The number of hydrogen-bond donors (Lipinski definition) is 2. The Balaban J connectivity index is 2.31. The molecular weight excluding hydrogens is 255 g/mol. The van der Waals surface area contributed by atoms with E-state index < -0.39 is 0 Å². The van der Waals surface area contributed by atoms with Crippen molar-refractivity contribution in [2.75, 3.05) is 5.73 Å². The summed E-state index contributed by atoms with van der Waals surface area (Å²) in [4.78, 5) is 12.2. The highest BCUT2D eigenvalue weighted by Gasteiger charge is 2.11. The van der Waals surface area contributed by atoms with Crippen molar-refractivity contribution in [2.24, 2.45) is 0 Å². The van der Waals surface area contributed by atoms with Gasteiger partial charge in [0.25, 0.3) is 0 Å². The fourth-order valence-corrected chi connectivity index (χ4v) is 2.40. The SMILES string of the molecule is CCCn1c(Sc2ccc(F)cc2N)n[nH]c1=O. The second-order valence-corrected chi connectivity index (χ2v) is 4.76. The highest BCUT2D eigenvalue weighted by molar-refractivity contribution is 7.99. The fraction of sp³-hybridized carbons (Fsp3) is 0.273. The number of nitrogen functional groups attached to an aromatic ring is 1. The van der Waals surface area contributed by atoms with Gasteiger partial charge >= 0.3 is 5.69 Å². The molecule has 2 aromatic rings. The van der Waals surface area contributed by atoms with Crippen LogP contribution in [0.25, 0.3) is 0 Å². The molecule has 3 N–H and O–H groups in total. The third-order valence-corrected chi connectivity index (χ3v) is 3.43. The van der Waals surface area contributed by atoms with Crippen molar-refractivity contribution >= 4 is 17.4 Å². The average Bonchev–Trinajstić information content (AvgIpc) is 2.66. The zero-order valence-corrected chi connectivity index (χ0v) is 10.6. The molecule has 7 heteroatoms. The van der Waals surface area contributed by atoms with Crippen molar-refractivity contribution < 1.29 is 4.39 Å². The molecule has 1 aromatic heterocycles. The molecule has 1 heterocycles. The Bertz CT molecular complexity index is 607. The molecule has 0 bridgehead atoms. The van der Waals surface area contributed by atoms with Crippen molar-refractivity contribution in [2.45, 2.75) is 29.9 Å². The molecule has 0 aliphatic heterocycles. The minimum atomic E-state index is -0.384. The molecule has 0 spiro atoms. The summed E-state index contributed by atoms with van der Waals surface area (Å²) in [6.45, 7) is 2.55. The van der Waals surface area contributed by atoms with Crippen LogP contribution >= 0.6 is 11.8 Å². The molecule has 0 aliphatic carbocycles. The number of hydrogen-bond acceptors (Lipinski definition) is 4. The molecule has 0 saturated carbocycles. The van der Waals surface area contributed by atoms with Crippen molar-refractivity contribution in [1.82, 2.24) is 14.8 Å². The molecule has 0 aliphatic rings. The van der Waals surface area contributed by atoms with Gasteiger partial charge in [0.15, 0.2) is 5.16 Å². The van der Waals surface area contributed by atoms with Crippen LogP contribution in [0, 0.1) is 5.82 Å². The van der Waals surface area contributed by atoms with Crippen LogP contribution in [0.3, 0.4) is 0 Å². The van der Waals surface area contributed by atoms with Crippen LogP contribution in [0.15, 0.2) is 33.0 Å². The smallest absolute Gasteiger partial charge is 0.343 e. The minimum absolute atomic E-state index is 0.250. The first-order valence-corrected chi connectivity index (χ1v) is 6.31. The Labute approximate surface area is 107 Å². The van der Waals surface area contributed by atoms with E-state index in [1.165, 1.54) is 28.5 Å². The molecule has 18 heavy (non-hydrogen) atoms. The summed E-state index contributed by atoms with van der Waals surface area (Å²) in [5, 5.41) is 6.86. The Hall–Kier alpha value is -1.76. The van der Waals surface area contributed by atoms with E-state index in [0.29, 0.717) is 22.3 Å². The molecule has 0 saturated heterocycles. The molecule has 96 valence electrons. The number of nitrogens with one attached hydrogen (secondary N) is 1. The summed E-state index contributed by atoms with van der Waals surface area (Å²) in [5.74, 6) is -0.384. The lowest BCUT2D eigenvalue weighted by atomic mass is 10.3. The summed E-state index contributed by atoms with van der Waals surface area (Å²) in [6.07, 6.45) is 0.825. The second kappa shape index (κ2) is 5.26. The number of aromatic amines is 1. The summed E-state index contributed by atoms with van der Waals surface area (Å²) in [7, 11) is 0. The van der Waals surface area contributed by atoms with E-state index in [1.807, 2.05) is 6.92 Å². The third-order valence-electron chi connectivity index (χ3n) is 2.34. The van der Waals surface area contributed by atoms with Crippen LogP contribution in [0.1, 0.15) is 13.3 Å². The van der Waals surface area contributed by atoms with Gasteiger partial charge in [0.2, 0.25) is 0 Å². The van der Waals surface area contributed by atoms with Gasteiger partial charge in [-0.3, -0.25) is 4.57 Å². The quantitative estimate of drug-likeness (QED) is 0.830. The van der Waals surface area contributed by atoms with Gasteiger partial charge in [0.1, 0.15) is 5.82 Å². The second-order valence-electron chi connectivity index (χ2n) is 3.75. The van der Waals surface area contributed by atoms with Crippen LogP contribution in [-0.4, -0.2) is 14.8 Å². The number of nitrogens with zero attached hydrogens (tertiary/aromatic N) is 2. The summed E-state index contributed by atoms with van der Waals surface area (Å²) < 4.78 is 14.5. The van der Waals surface area contributed by atoms with Gasteiger partial charge in [-0.1, -0.05) is 6.92 Å². The molecule has 1 aromatic carbocycles. The molecular formula is C11H13FN4OS. The molecule has 2 rings (SSSR count). The van der Waals surface area contributed by atoms with Gasteiger partial charge < -0.3 is 5.73 Å². The van der Waals surface area contributed by atoms with Crippen molar-refractivity contribution in [1.29, 1.82) is 0 Å². The van der Waals surface area contributed by atoms with E-state index in [-0.39, 0.29) is 11.5 Å². The number of halogens is 1. The topological polar surface area (TPSA) is 76.7 Å². The van der Waals surface area contributed by atoms with E-state index in [1.54, 1.807) is 6.07 Å². The monoisotopic (exact) mass is 268 g/mol. The van der Waals surface area contributed by atoms with E-state index in [9.17, 15) is 9.18 Å². The van der Waals surface area contributed by atoms with E-state index in [0.717, 1.165) is 6.42 Å². The lowest BCUT2D eigenvalue weighted by Gasteiger charge is -2.05. The largest absolute Gasteiger partial charge is 0.398 e.